The SMILES string of the molecule is Clc1cccc(Nc2ncc3ccccn23)c1. The predicted octanol–water partition coefficient (Wildman–Crippen LogP) is 3.73. The predicted molar refractivity (Wildman–Crippen MR) is 69.9 cm³/mol. The van der Waals surface area contributed by atoms with E-state index < -0.39 is 0 Å². The molecule has 17 heavy (non-hydrogen) atoms. The molecule has 0 aliphatic heterocycles. The summed E-state index contributed by atoms with van der Waals surface area (Å²) in [7, 11) is 0. The van der Waals surface area contributed by atoms with Crippen molar-refractivity contribution in [1.82, 2.24) is 9.38 Å². The van der Waals surface area contributed by atoms with Gasteiger partial charge in [-0.1, -0.05) is 23.7 Å². The minimum Gasteiger partial charge on any atom is -0.325 e. The number of halogens is 1. The average molecular weight is 244 g/mol. The fraction of sp³-hybridized carbons (Fsp3) is 0. The maximum absolute atomic E-state index is 5.94. The first kappa shape index (κ1) is 10.2. The molecule has 0 spiro atoms. The van der Waals surface area contributed by atoms with Crippen molar-refractivity contribution in [2.24, 2.45) is 0 Å². The number of pyridine rings is 1. The minimum atomic E-state index is 0.705. The Morgan fingerprint density at radius 2 is 2.06 bits per heavy atom. The first-order chi connectivity index (χ1) is 8.33. The van der Waals surface area contributed by atoms with Crippen LogP contribution in [0, 0.1) is 0 Å². The van der Waals surface area contributed by atoms with Crippen molar-refractivity contribution >= 4 is 28.8 Å². The molecule has 0 radical (unpaired) electrons. The second-order valence-electron chi connectivity index (χ2n) is 3.71. The number of benzene rings is 1. The number of imidazole rings is 1. The van der Waals surface area contributed by atoms with E-state index >= 15 is 0 Å². The van der Waals surface area contributed by atoms with Crippen LogP contribution in [0.25, 0.3) is 5.52 Å². The van der Waals surface area contributed by atoms with E-state index in [1.807, 2.05) is 59.3 Å². The summed E-state index contributed by atoms with van der Waals surface area (Å²) in [6, 6.07) is 13.5. The Morgan fingerprint density at radius 1 is 1.12 bits per heavy atom. The molecule has 1 aromatic carbocycles. The number of hydrogen-bond donors (Lipinski definition) is 1. The van der Waals surface area contributed by atoms with E-state index in [1.165, 1.54) is 0 Å². The van der Waals surface area contributed by atoms with Crippen molar-refractivity contribution in [2.75, 3.05) is 5.32 Å². The van der Waals surface area contributed by atoms with Crippen LogP contribution in [0.4, 0.5) is 11.6 Å². The van der Waals surface area contributed by atoms with Crippen molar-refractivity contribution in [3.63, 3.8) is 0 Å². The van der Waals surface area contributed by atoms with Crippen molar-refractivity contribution in [3.8, 4) is 0 Å². The van der Waals surface area contributed by atoms with Gasteiger partial charge in [0.2, 0.25) is 5.95 Å². The normalized spacial score (nSPS) is 10.6. The lowest BCUT2D eigenvalue weighted by molar-refractivity contribution is 1.15. The Bertz CT molecular complexity index is 660. The molecule has 0 saturated heterocycles. The molecular formula is C13H10ClN3. The highest BCUT2D eigenvalue weighted by Gasteiger charge is 2.02. The Kier molecular flexibility index (Phi) is 2.46. The number of fused-ring (bicyclic) bond motifs is 1. The van der Waals surface area contributed by atoms with Crippen LogP contribution in [0.2, 0.25) is 5.02 Å². The van der Waals surface area contributed by atoms with Crippen molar-refractivity contribution in [3.05, 3.63) is 59.9 Å². The molecule has 2 heterocycles. The van der Waals surface area contributed by atoms with Gasteiger partial charge >= 0.3 is 0 Å². The van der Waals surface area contributed by atoms with E-state index in [-0.39, 0.29) is 0 Å². The molecule has 0 unspecified atom stereocenters. The summed E-state index contributed by atoms with van der Waals surface area (Å²) in [5.74, 6) is 0.780. The Labute approximate surface area is 104 Å². The molecule has 0 atom stereocenters. The van der Waals surface area contributed by atoms with Crippen LogP contribution in [0.15, 0.2) is 54.9 Å². The van der Waals surface area contributed by atoms with Gasteiger partial charge in [-0.15, -0.1) is 0 Å². The van der Waals surface area contributed by atoms with Gasteiger partial charge in [0.15, 0.2) is 0 Å². The van der Waals surface area contributed by atoms with E-state index in [9.17, 15) is 0 Å². The van der Waals surface area contributed by atoms with Gasteiger partial charge < -0.3 is 5.32 Å². The molecule has 0 aliphatic carbocycles. The van der Waals surface area contributed by atoms with Gasteiger partial charge in [-0.3, -0.25) is 4.40 Å². The molecule has 0 saturated carbocycles. The van der Waals surface area contributed by atoms with E-state index in [0.717, 1.165) is 17.2 Å². The van der Waals surface area contributed by atoms with E-state index in [2.05, 4.69) is 10.3 Å². The first-order valence-corrected chi connectivity index (χ1v) is 5.65. The standard InChI is InChI=1S/C13H10ClN3/c14-10-4-3-5-11(8-10)16-13-15-9-12-6-1-2-7-17(12)13/h1-9H,(H,15,16). The summed E-state index contributed by atoms with van der Waals surface area (Å²) >= 11 is 5.94. The smallest absolute Gasteiger partial charge is 0.212 e. The van der Waals surface area contributed by atoms with Gasteiger partial charge in [0.1, 0.15) is 0 Å². The Hall–Kier alpha value is -2.00. The summed E-state index contributed by atoms with van der Waals surface area (Å²) in [6.07, 6.45) is 3.79. The van der Waals surface area contributed by atoms with Crippen molar-refractivity contribution in [2.45, 2.75) is 0 Å². The lowest BCUT2D eigenvalue weighted by atomic mass is 10.3. The lowest BCUT2D eigenvalue weighted by Gasteiger charge is -2.05. The van der Waals surface area contributed by atoms with Crippen LogP contribution in [0.1, 0.15) is 0 Å². The second-order valence-corrected chi connectivity index (χ2v) is 4.15. The largest absolute Gasteiger partial charge is 0.325 e. The highest BCUT2D eigenvalue weighted by molar-refractivity contribution is 6.30. The number of aromatic nitrogens is 2. The highest BCUT2D eigenvalue weighted by Crippen LogP contribution is 2.20. The molecule has 0 fully saturated rings. The van der Waals surface area contributed by atoms with Gasteiger partial charge in [0, 0.05) is 16.9 Å². The topological polar surface area (TPSA) is 29.3 Å². The average Bonchev–Trinajstić information content (AvgIpc) is 2.73. The zero-order chi connectivity index (χ0) is 11.7. The zero-order valence-electron chi connectivity index (χ0n) is 8.97. The van der Waals surface area contributed by atoms with Gasteiger partial charge in [-0.2, -0.15) is 0 Å². The van der Waals surface area contributed by atoms with Crippen LogP contribution in [-0.2, 0) is 0 Å². The third-order valence-electron chi connectivity index (χ3n) is 2.52. The molecule has 3 rings (SSSR count). The van der Waals surface area contributed by atoms with Crippen molar-refractivity contribution < 1.29 is 0 Å². The maximum Gasteiger partial charge on any atom is 0.212 e. The lowest BCUT2D eigenvalue weighted by Crippen LogP contribution is -1.96. The molecule has 2 aromatic heterocycles. The summed E-state index contributed by atoms with van der Waals surface area (Å²) < 4.78 is 1.99. The van der Waals surface area contributed by atoms with E-state index in [1.54, 1.807) is 0 Å². The van der Waals surface area contributed by atoms with Crippen LogP contribution in [-0.4, -0.2) is 9.38 Å². The second kappa shape index (κ2) is 4.11. The van der Waals surface area contributed by atoms with E-state index in [4.69, 9.17) is 11.6 Å². The fourth-order valence-electron chi connectivity index (χ4n) is 1.73. The van der Waals surface area contributed by atoms with Gasteiger partial charge in [0.25, 0.3) is 0 Å². The van der Waals surface area contributed by atoms with Crippen LogP contribution >= 0.6 is 11.6 Å². The van der Waals surface area contributed by atoms with Gasteiger partial charge in [-0.25, -0.2) is 4.98 Å². The highest BCUT2D eigenvalue weighted by atomic mass is 35.5. The number of nitrogens with zero attached hydrogens (tertiary/aromatic N) is 2. The zero-order valence-corrected chi connectivity index (χ0v) is 9.72. The Balaban J connectivity index is 2.00. The van der Waals surface area contributed by atoms with Crippen LogP contribution in [0.3, 0.4) is 0 Å². The van der Waals surface area contributed by atoms with Crippen LogP contribution < -0.4 is 5.32 Å². The molecule has 84 valence electrons. The van der Waals surface area contributed by atoms with Crippen LogP contribution in [0.5, 0.6) is 0 Å². The monoisotopic (exact) mass is 243 g/mol. The van der Waals surface area contributed by atoms with Gasteiger partial charge in [0.05, 0.1) is 11.7 Å². The number of nitrogens with one attached hydrogen (secondary N) is 1. The summed E-state index contributed by atoms with van der Waals surface area (Å²) in [6.45, 7) is 0. The first-order valence-electron chi connectivity index (χ1n) is 5.27. The molecule has 3 aromatic rings. The molecular weight excluding hydrogens is 234 g/mol. The van der Waals surface area contributed by atoms with E-state index in [0.29, 0.717) is 5.02 Å². The van der Waals surface area contributed by atoms with Gasteiger partial charge in [-0.05, 0) is 30.3 Å². The number of anilines is 2. The van der Waals surface area contributed by atoms with Crippen molar-refractivity contribution in [1.29, 1.82) is 0 Å². The maximum atomic E-state index is 5.94. The quantitative estimate of drug-likeness (QED) is 0.743. The number of hydrogen-bond acceptors (Lipinski definition) is 2. The number of rotatable bonds is 2. The molecule has 0 aliphatic rings. The third-order valence-corrected chi connectivity index (χ3v) is 2.75. The minimum absolute atomic E-state index is 0.705. The molecule has 0 bridgehead atoms. The molecule has 3 nitrogen and oxygen atoms in total. The summed E-state index contributed by atoms with van der Waals surface area (Å²) in [5, 5.41) is 3.94. The Morgan fingerprint density at radius 3 is 2.94 bits per heavy atom. The summed E-state index contributed by atoms with van der Waals surface area (Å²) in [5.41, 5.74) is 1.98. The third kappa shape index (κ3) is 1.97. The molecule has 1 N–H and O–H groups in total. The summed E-state index contributed by atoms with van der Waals surface area (Å²) in [4.78, 5) is 4.33. The fourth-order valence-corrected chi connectivity index (χ4v) is 1.92. The molecule has 0 amide bonds. The molecule has 4 heteroatoms.